The molecule has 1 N–H and O–H groups in total. The molecule has 3 rings (SSSR count). The molecular formula is C21H29N3O. The summed E-state index contributed by atoms with van der Waals surface area (Å²) in [6.45, 7) is 9.33. The average Bonchev–Trinajstić information content (AvgIpc) is 3.37. The van der Waals surface area contributed by atoms with Gasteiger partial charge in [0, 0.05) is 17.8 Å². The molecule has 1 atom stereocenters. The minimum atomic E-state index is 0.0936. The van der Waals surface area contributed by atoms with E-state index in [9.17, 15) is 4.79 Å². The van der Waals surface area contributed by atoms with Crippen molar-refractivity contribution in [3.63, 3.8) is 0 Å². The van der Waals surface area contributed by atoms with Crippen LogP contribution in [0, 0.1) is 25.7 Å². The fraction of sp³-hybridized carbons (Fsp3) is 0.524. The Morgan fingerprint density at radius 2 is 1.92 bits per heavy atom. The fourth-order valence-electron chi connectivity index (χ4n) is 3.46. The third-order valence-electron chi connectivity index (χ3n) is 4.98. The maximum absolute atomic E-state index is 12.7. The van der Waals surface area contributed by atoms with Gasteiger partial charge in [-0.15, -0.1) is 0 Å². The van der Waals surface area contributed by atoms with Gasteiger partial charge in [0.15, 0.2) is 0 Å². The predicted octanol–water partition coefficient (Wildman–Crippen LogP) is 3.97. The Kier molecular flexibility index (Phi) is 5.26. The summed E-state index contributed by atoms with van der Waals surface area (Å²) in [4.78, 5) is 12.7. The molecule has 1 aromatic heterocycles. The molecule has 4 nitrogen and oxygen atoms in total. The van der Waals surface area contributed by atoms with Crippen LogP contribution in [0.15, 0.2) is 30.3 Å². The van der Waals surface area contributed by atoms with Gasteiger partial charge in [-0.1, -0.05) is 44.2 Å². The molecule has 25 heavy (non-hydrogen) atoms. The van der Waals surface area contributed by atoms with Crippen molar-refractivity contribution < 1.29 is 4.79 Å². The highest BCUT2D eigenvalue weighted by Gasteiger charge is 2.33. The van der Waals surface area contributed by atoms with Crippen molar-refractivity contribution in [3.05, 3.63) is 52.8 Å². The fourth-order valence-corrected chi connectivity index (χ4v) is 3.46. The summed E-state index contributed by atoms with van der Waals surface area (Å²) >= 11 is 0. The Labute approximate surface area is 150 Å². The molecule has 1 aromatic carbocycles. The van der Waals surface area contributed by atoms with E-state index in [4.69, 9.17) is 0 Å². The maximum Gasteiger partial charge on any atom is 0.225 e. The van der Waals surface area contributed by atoms with E-state index >= 15 is 0 Å². The molecule has 2 aromatic rings. The molecule has 1 saturated carbocycles. The van der Waals surface area contributed by atoms with Gasteiger partial charge in [-0.25, -0.2) is 0 Å². The quantitative estimate of drug-likeness (QED) is 0.830. The van der Waals surface area contributed by atoms with E-state index in [2.05, 4.69) is 43.3 Å². The van der Waals surface area contributed by atoms with Crippen molar-refractivity contribution in [1.29, 1.82) is 0 Å². The van der Waals surface area contributed by atoms with Crippen LogP contribution in [0.2, 0.25) is 0 Å². The molecule has 134 valence electrons. The van der Waals surface area contributed by atoms with Gasteiger partial charge in [-0.2, -0.15) is 5.10 Å². The lowest BCUT2D eigenvalue weighted by atomic mass is 10.0. The van der Waals surface area contributed by atoms with Crippen LogP contribution in [0.5, 0.6) is 0 Å². The molecule has 1 unspecified atom stereocenters. The van der Waals surface area contributed by atoms with E-state index in [0.717, 1.165) is 23.5 Å². The Bertz CT molecular complexity index is 729. The standard InChI is InChI=1S/C21H29N3O/c1-14(2)13-24-16(4)19(15(3)23-24)12-20(25)22-21(18-10-11-18)17-8-6-5-7-9-17/h5-9,14,18,21H,10-13H2,1-4H3,(H,22,25). The summed E-state index contributed by atoms with van der Waals surface area (Å²) in [6.07, 6.45) is 2.81. The second-order valence-corrected chi connectivity index (χ2v) is 7.70. The Morgan fingerprint density at radius 1 is 1.24 bits per heavy atom. The Morgan fingerprint density at radius 3 is 2.52 bits per heavy atom. The van der Waals surface area contributed by atoms with Crippen LogP contribution >= 0.6 is 0 Å². The molecule has 1 heterocycles. The summed E-state index contributed by atoms with van der Waals surface area (Å²) in [5.74, 6) is 1.21. The Balaban J connectivity index is 1.71. The van der Waals surface area contributed by atoms with E-state index in [0.29, 0.717) is 18.3 Å². The van der Waals surface area contributed by atoms with Gasteiger partial charge in [0.2, 0.25) is 5.91 Å². The average molecular weight is 339 g/mol. The highest BCUT2D eigenvalue weighted by molar-refractivity contribution is 5.79. The van der Waals surface area contributed by atoms with Gasteiger partial charge in [0.1, 0.15) is 0 Å². The van der Waals surface area contributed by atoms with E-state index in [1.54, 1.807) is 0 Å². The second kappa shape index (κ2) is 7.42. The number of carbonyl (C=O) groups excluding carboxylic acids is 1. The van der Waals surface area contributed by atoms with Crippen LogP contribution in [-0.4, -0.2) is 15.7 Å². The molecule has 0 aliphatic heterocycles. The number of rotatable bonds is 7. The van der Waals surface area contributed by atoms with Gasteiger partial charge < -0.3 is 5.32 Å². The zero-order chi connectivity index (χ0) is 18.0. The highest BCUT2D eigenvalue weighted by atomic mass is 16.1. The van der Waals surface area contributed by atoms with Crippen LogP contribution in [0.25, 0.3) is 0 Å². The molecule has 1 fully saturated rings. The number of amides is 1. The first-order chi connectivity index (χ1) is 12.0. The lowest BCUT2D eigenvalue weighted by Gasteiger charge is -2.19. The number of aryl methyl sites for hydroxylation is 1. The topological polar surface area (TPSA) is 46.9 Å². The summed E-state index contributed by atoms with van der Waals surface area (Å²) in [7, 11) is 0. The van der Waals surface area contributed by atoms with Gasteiger partial charge in [-0.05, 0) is 44.1 Å². The summed E-state index contributed by atoms with van der Waals surface area (Å²) < 4.78 is 2.04. The first kappa shape index (κ1) is 17.7. The van der Waals surface area contributed by atoms with E-state index in [1.165, 1.54) is 18.4 Å². The first-order valence-corrected chi connectivity index (χ1v) is 9.33. The second-order valence-electron chi connectivity index (χ2n) is 7.70. The van der Waals surface area contributed by atoms with Crippen molar-refractivity contribution in [2.75, 3.05) is 0 Å². The van der Waals surface area contributed by atoms with Crippen LogP contribution in [0.4, 0.5) is 0 Å². The van der Waals surface area contributed by atoms with E-state index in [-0.39, 0.29) is 11.9 Å². The first-order valence-electron chi connectivity index (χ1n) is 9.33. The number of hydrogen-bond donors (Lipinski definition) is 1. The van der Waals surface area contributed by atoms with Crippen LogP contribution in [0.3, 0.4) is 0 Å². The van der Waals surface area contributed by atoms with Crippen LogP contribution < -0.4 is 5.32 Å². The molecule has 0 spiro atoms. The number of nitrogens with one attached hydrogen (secondary N) is 1. The largest absolute Gasteiger partial charge is 0.349 e. The van der Waals surface area contributed by atoms with E-state index in [1.807, 2.05) is 29.8 Å². The molecule has 0 saturated heterocycles. The molecule has 1 aliphatic rings. The summed E-state index contributed by atoms with van der Waals surface area (Å²) in [6, 6.07) is 10.5. The highest BCUT2D eigenvalue weighted by Crippen LogP contribution is 2.41. The monoisotopic (exact) mass is 339 g/mol. The third-order valence-corrected chi connectivity index (χ3v) is 4.98. The van der Waals surface area contributed by atoms with Gasteiger partial charge >= 0.3 is 0 Å². The maximum atomic E-state index is 12.7. The predicted molar refractivity (Wildman–Crippen MR) is 100 cm³/mol. The smallest absolute Gasteiger partial charge is 0.225 e. The van der Waals surface area contributed by atoms with Crippen molar-refractivity contribution in [3.8, 4) is 0 Å². The number of carbonyl (C=O) groups is 1. The molecule has 1 amide bonds. The van der Waals surface area contributed by atoms with Gasteiger partial charge in [-0.3, -0.25) is 9.48 Å². The number of hydrogen-bond acceptors (Lipinski definition) is 2. The van der Waals surface area contributed by atoms with Crippen molar-refractivity contribution >= 4 is 5.91 Å². The third kappa shape index (κ3) is 4.30. The van der Waals surface area contributed by atoms with Crippen molar-refractivity contribution in [2.45, 2.75) is 59.5 Å². The summed E-state index contributed by atoms with van der Waals surface area (Å²) in [5.41, 5.74) is 4.36. The summed E-state index contributed by atoms with van der Waals surface area (Å²) in [5, 5.41) is 7.90. The lowest BCUT2D eigenvalue weighted by Crippen LogP contribution is -2.31. The van der Waals surface area contributed by atoms with Crippen molar-refractivity contribution in [2.24, 2.45) is 11.8 Å². The number of aromatic nitrogens is 2. The number of benzene rings is 1. The molecular weight excluding hydrogens is 310 g/mol. The molecule has 0 bridgehead atoms. The minimum absolute atomic E-state index is 0.0936. The van der Waals surface area contributed by atoms with Gasteiger partial charge in [0.05, 0.1) is 18.2 Å². The molecule has 0 radical (unpaired) electrons. The minimum Gasteiger partial charge on any atom is -0.349 e. The van der Waals surface area contributed by atoms with Crippen LogP contribution in [0.1, 0.15) is 55.2 Å². The zero-order valence-electron chi connectivity index (χ0n) is 15.7. The Hall–Kier alpha value is -2.10. The van der Waals surface area contributed by atoms with Gasteiger partial charge in [0.25, 0.3) is 0 Å². The lowest BCUT2D eigenvalue weighted by molar-refractivity contribution is -0.121. The van der Waals surface area contributed by atoms with Crippen LogP contribution in [-0.2, 0) is 17.8 Å². The van der Waals surface area contributed by atoms with Crippen molar-refractivity contribution in [1.82, 2.24) is 15.1 Å². The molecule has 4 heteroatoms. The zero-order valence-corrected chi connectivity index (χ0v) is 15.7. The normalized spacial score (nSPS) is 15.4. The SMILES string of the molecule is Cc1nn(CC(C)C)c(C)c1CC(=O)NC(c1ccccc1)C1CC1. The molecule has 1 aliphatic carbocycles. The van der Waals surface area contributed by atoms with E-state index < -0.39 is 0 Å². The number of nitrogens with zero attached hydrogens (tertiary/aromatic N) is 2.